The Bertz CT molecular complexity index is 339. The number of carbonyl (C=O) groups excluding carboxylic acids is 1. The van der Waals surface area contributed by atoms with Crippen molar-refractivity contribution in [2.75, 3.05) is 0 Å². The van der Waals surface area contributed by atoms with Gasteiger partial charge in [0.05, 0.1) is 5.92 Å². The summed E-state index contributed by atoms with van der Waals surface area (Å²) in [7, 11) is 0. The van der Waals surface area contributed by atoms with Crippen molar-refractivity contribution in [3.05, 3.63) is 29.0 Å². The Morgan fingerprint density at radius 3 is 2.64 bits per heavy atom. The van der Waals surface area contributed by atoms with Crippen LogP contribution in [0.1, 0.15) is 25.3 Å². The Labute approximate surface area is 88.3 Å². The summed E-state index contributed by atoms with van der Waals surface area (Å²) >= 11 is 5.89. The maximum atomic E-state index is 11.2. The quantitative estimate of drug-likeness (QED) is 0.779. The SMILES string of the molecule is CC(C)C(C(N)=O)c1cccnc1Cl. The number of aromatic nitrogens is 1. The van der Waals surface area contributed by atoms with Crippen molar-refractivity contribution in [3.8, 4) is 0 Å². The van der Waals surface area contributed by atoms with Crippen LogP contribution in [0.4, 0.5) is 0 Å². The smallest absolute Gasteiger partial charge is 0.225 e. The fourth-order valence-corrected chi connectivity index (χ4v) is 1.71. The van der Waals surface area contributed by atoms with Crippen molar-refractivity contribution in [2.45, 2.75) is 19.8 Å². The van der Waals surface area contributed by atoms with Gasteiger partial charge in [-0.15, -0.1) is 0 Å². The highest BCUT2D eigenvalue weighted by molar-refractivity contribution is 6.30. The van der Waals surface area contributed by atoms with Gasteiger partial charge in [-0.25, -0.2) is 4.98 Å². The highest BCUT2D eigenvalue weighted by atomic mass is 35.5. The predicted molar refractivity (Wildman–Crippen MR) is 56.0 cm³/mol. The van der Waals surface area contributed by atoms with Gasteiger partial charge >= 0.3 is 0 Å². The van der Waals surface area contributed by atoms with Gasteiger partial charge in [-0.1, -0.05) is 31.5 Å². The summed E-state index contributed by atoms with van der Waals surface area (Å²) in [4.78, 5) is 15.2. The Morgan fingerprint density at radius 1 is 1.57 bits per heavy atom. The van der Waals surface area contributed by atoms with Gasteiger partial charge in [0.15, 0.2) is 0 Å². The molecule has 1 atom stereocenters. The molecule has 0 aliphatic carbocycles. The van der Waals surface area contributed by atoms with Gasteiger partial charge in [0, 0.05) is 11.8 Å². The Hall–Kier alpha value is -1.09. The molecule has 3 nitrogen and oxygen atoms in total. The number of carbonyl (C=O) groups is 1. The van der Waals surface area contributed by atoms with Gasteiger partial charge in [0.1, 0.15) is 5.15 Å². The van der Waals surface area contributed by atoms with Gasteiger partial charge in [0.2, 0.25) is 5.91 Å². The monoisotopic (exact) mass is 212 g/mol. The van der Waals surface area contributed by atoms with Crippen LogP contribution >= 0.6 is 11.6 Å². The lowest BCUT2D eigenvalue weighted by Gasteiger charge is -2.17. The molecule has 1 rings (SSSR count). The summed E-state index contributed by atoms with van der Waals surface area (Å²) in [5, 5.41) is 0.352. The summed E-state index contributed by atoms with van der Waals surface area (Å²) in [5.74, 6) is -0.611. The van der Waals surface area contributed by atoms with E-state index in [2.05, 4.69) is 4.98 Å². The van der Waals surface area contributed by atoms with E-state index in [1.807, 2.05) is 13.8 Å². The third-order valence-corrected chi connectivity index (χ3v) is 2.41. The zero-order valence-corrected chi connectivity index (χ0v) is 8.95. The molecule has 1 amide bonds. The topological polar surface area (TPSA) is 56.0 Å². The van der Waals surface area contributed by atoms with E-state index >= 15 is 0 Å². The molecule has 2 N–H and O–H groups in total. The first-order valence-corrected chi connectivity index (χ1v) is 4.81. The molecule has 0 spiro atoms. The first-order chi connectivity index (χ1) is 6.54. The lowest BCUT2D eigenvalue weighted by Crippen LogP contribution is -2.25. The van der Waals surface area contributed by atoms with Crippen LogP contribution < -0.4 is 5.73 Å². The molecule has 0 saturated carbocycles. The number of nitrogens with zero attached hydrogens (tertiary/aromatic N) is 1. The maximum Gasteiger partial charge on any atom is 0.225 e. The van der Waals surface area contributed by atoms with Crippen molar-refractivity contribution in [1.29, 1.82) is 0 Å². The number of pyridine rings is 1. The average molecular weight is 213 g/mol. The molecule has 0 aromatic carbocycles. The normalized spacial score (nSPS) is 12.9. The number of rotatable bonds is 3. The molecule has 0 fully saturated rings. The summed E-state index contributed by atoms with van der Waals surface area (Å²) in [5.41, 5.74) is 6.02. The molecule has 1 heterocycles. The highest BCUT2D eigenvalue weighted by Crippen LogP contribution is 2.28. The minimum absolute atomic E-state index is 0.120. The van der Waals surface area contributed by atoms with Crippen LogP contribution in [0.5, 0.6) is 0 Å². The molecule has 0 radical (unpaired) electrons. The van der Waals surface area contributed by atoms with E-state index in [1.165, 1.54) is 0 Å². The van der Waals surface area contributed by atoms with Crippen molar-refractivity contribution in [3.63, 3.8) is 0 Å². The van der Waals surface area contributed by atoms with Gasteiger partial charge < -0.3 is 5.73 Å². The zero-order valence-electron chi connectivity index (χ0n) is 8.20. The van der Waals surface area contributed by atoms with Crippen molar-refractivity contribution < 1.29 is 4.79 Å². The van der Waals surface area contributed by atoms with Gasteiger partial charge in [0.25, 0.3) is 0 Å². The average Bonchev–Trinajstić information content (AvgIpc) is 2.07. The number of primary amides is 1. The second kappa shape index (κ2) is 4.42. The summed E-state index contributed by atoms with van der Waals surface area (Å²) in [6.07, 6.45) is 1.59. The Balaban J connectivity index is 3.12. The fraction of sp³-hybridized carbons (Fsp3) is 0.400. The molecule has 76 valence electrons. The van der Waals surface area contributed by atoms with E-state index in [-0.39, 0.29) is 17.7 Å². The first kappa shape index (κ1) is 11.0. The van der Waals surface area contributed by atoms with Gasteiger partial charge in [-0.05, 0) is 12.0 Å². The third kappa shape index (κ3) is 2.23. The Morgan fingerprint density at radius 2 is 2.21 bits per heavy atom. The van der Waals surface area contributed by atoms with Gasteiger partial charge in [-0.3, -0.25) is 4.79 Å². The maximum absolute atomic E-state index is 11.2. The lowest BCUT2D eigenvalue weighted by atomic mass is 9.89. The molecule has 1 aromatic heterocycles. The zero-order chi connectivity index (χ0) is 10.7. The van der Waals surface area contributed by atoms with Crippen LogP contribution in [0.3, 0.4) is 0 Å². The van der Waals surface area contributed by atoms with Crippen LogP contribution in [0.15, 0.2) is 18.3 Å². The van der Waals surface area contributed by atoms with Crippen LogP contribution in [-0.2, 0) is 4.79 Å². The van der Waals surface area contributed by atoms with Crippen molar-refractivity contribution in [1.82, 2.24) is 4.98 Å². The van der Waals surface area contributed by atoms with E-state index in [1.54, 1.807) is 18.3 Å². The molecule has 0 bridgehead atoms. The predicted octanol–water partition coefficient (Wildman–Crippen LogP) is 1.96. The van der Waals surface area contributed by atoms with E-state index in [9.17, 15) is 4.79 Å². The summed E-state index contributed by atoms with van der Waals surface area (Å²) < 4.78 is 0. The molecule has 0 aliphatic heterocycles. The van der Waals surface area contributed by atoms with E-state index in [0.29, 0.717) is 10.7 Å². The van der Waals surface area contributed by atoms with E-state index in [0.717, 1.165) is 0 Å². The molecular weight excluding hydrogens is 200 g/mol. The minimum Gasteiger partial charge on any atom is -0.369 e. The first-order valence-electron chi connectivity index (χ1n) is 4.43. The third-order valence-electron chi connectivity index (χ3n) is 2.10. The second-order valence-corrected chi connectivity index (χ2v) is 3.87. The molecule has 1 unspecified atom stereocenters. The highest BCUT2D eigenvalue weighted by Gasteiger charge is 2.24. The van der Waals surface area contributed by atoms with Crippen LogP contribution in [-0.4, -0.2) is 10.9 Å². The van der Waals surface area contributed by atoms with E-state index < -0.39 is 0 Å². The van der Waals surface area contributed by atoms with Crippen molar-refractivity contribution >= 4 is 17.5 Å². The molecular formula is C10H13ClN2O. The standard InChI is InChI=1S/C10H13ClN2O/c1-6(2)8(10(12)14)7-4-3-5-13-9(7)11/h3-6,8H,1-2H3,(H2,12,14). The molecule has 1 aromatic rings. The van der Waals surface area contributed by atoms with Gasteiger partial charge in [-0.2, -0.15) is 0 Å². The number of amides is 1. The second-order valence-electron chi connectivity index (χ2n) is 3.51. The summed E-state index contributed by atoms with van der Waals surface area (Å²) in [6, 6.07) is 3.53. The van der Waals surface area contributed by atoms with Crippen LogP contribution in [0.2, 0.25) is 5.15 Å². The summed E-state index contributed by atoms with van der Waals surface area (Å²) in [6.45, 7) is 3.86. The lowest BCUT2D eigenvalue weighted by molar-refractivity contribution is -0.120. The largest absolute Gasteiger partial charge is 0.369 e. The molecule has 4 heteroatoms. The molecule has 14 heavy (non-hydrogen) atoms. The number of nitrogens with two attached hydrogens (primary N) is 1. The van der Waals surface area contributed by atoms with Crippen LogP contribution in [0.25, 0.3) is 0 Å². The Kier molecular flexibility index (Phi) is 3.47. The van der Waals surface area contributed by atoms with Crippen molar-refractivity contribution in [2.24, 2.45) is 11.7 Å². The number of hydrogen-bond acceptors (Lipinski definition) is 2. The number of halogens is 1. The van der Waals surface area contributed by atoms with Crippen LogP contribution in [0, 0.1) is 5.92 Å². The fourth-order valence-electron chi connectivity index (χ4n) is 1.47. The number of hydrogen-bond donors (Lipinski definition) is 1. The molecule has 0 saturated heterocycles. The minimum atomic E-state index is -0.366. The molecule has 0 aliphatic rings. The van der Waals surface area contributed by atoms with E-state index in [4.69, 9.17) is 17.3 Å².